The van der Waals surface area contributed by atoms with Gasteiger partial charge in [0.15, 0.2) is 6.29 Å². The van der Waals surface area contributed by atoms with Gasteiger partial charge in [-0.1, -0.05) is 18.2 Å². The standard InChI is InChI=1S/C13H14O4/c14-8-10-4-1-2-6-12(10)13(15)17-9-11-5-3-7-16-11/h1-2,4,6,8,11H,3,5,7,9H2/t11-/m0/s1. The molecule has 4 nitrogen and oxygen atoms in total. The van der Waals surface area contributed by atoms with Crippen molar-refractivity contribution in [1.82, 2.24) is 0 Å². The minimum Gasteiger partial charge on any atom is -0.459 e. The van der Waals surface area contributed by atoms with Gasteiger partial charge in [-0.2, -0.15) is 0 Å². The largest absolute Gasteiger partial charge is 0.459 e. The Balaban J connectivity index is 1.96. The SMILES string of the molecule is O=Cc1ccccc1C(=O)OC[C@@H]1CCCO1. The van der Waals surface area contributed by atoms with Gasteiger partial charge in [-0.15, -0.1) is 0 Å². The molecule has 0 bridgehead atoms. The Bertz CT molecular complexity index is 408. The molecule has 4 heteroatoms. The van der Waals surface area contributed by atoms with Gasteiger partial charge in [0, 0.05) is 12.2 Å². The molecular weight excluding hydrogens is 220 g/mol. The highest BCUT2D eigenvalue weighted by atomic mass is 16.6. The molecule has 1 atom stereocenters. The first kappa shape index (κ1) is 11.8. The van der Waals surface area contributed by atoms with Gasteiger partial charge in [0.05, 0.1) is 11.7 Å². The molecule has 90 valence electrons. The third kappa shape index (κ3) is 2.91. The Hall–Kier alpha value is -1.68. The number of carbonyl (C=O) groups is 2. The van der Waals surface area contributed by atoms with Gasteiger partial charge in [-0.25, -0.2) is 4.79 Å². The van der Waals surface area contributed by atoms with E-state index in [4.69, 9.17) is 9.47 Å². The quantitative estimate of drug-likeness (QED) is 0.589. The van der Waals surface area contributed by atoms with Crippen LogP contribution in [-0.4, -0.2) is 31.6 Å². The Morgan fingerprint density at radius 2 is 2.29 bits per heavy atom. The molecule has 0 aliphatic carbocycles. The van der Waals surface area contributed by atoms with E-state index in [0.717, 1.165) is 19.4 Å². The highest BCUT2D eigenvalue weighted by Gasteiger charge is 2.19. The van der Waals surface area contributed by atoms with E-state index in [2.05, 4.69) is 0 Å². The molecule has 1 saturated heterocycles. The number of rotatable bonds is 4. The van der Waals surface area contributed by atoms with E-state index in [-0.39, 0.29) is 12.7 Å². The normalized spacial score (nSPS) is 18.9. The summed E-state index contributed by atoms with van der Waals surface area (Å²) in [6.45, 7) is 0.985. The van der Waals surface area contributed by atoms with E-state index in [1.807, 2.05) is 0 Å². The van der Waals surface area contributed by atoms with E-state index in [9.17, 15) is 9.59 Å². The van der Waals surface area contributed by atoms with E-state index in [1.54, 1.807) is 24.3 Å². The van der Waals surface area contributed by atoms with Crippen molar-refractivity contribution in [2.45, 2.75) is 18.9 Å². The summed E-state index contributed by atoms with van der Waals surface area (Å²) >= 11 is 0. The zero-order chi connectivity index (χ0) is 12.1. The van der Waals surface area contributed by atoms with Crippen LogP contribution < -0.4 is 0 Å². The maximum atomic E-state index is 11.7. The summed E-state index contributed by atoms with van der Waals surface area (Å²) in [5.74, 6) is -0.469. The molecule has 0 aromatic heterocycles. The molecule has 1 heterocycles. The summed E-state index contributed by atoms with van der Waals surface area (Å²) in [4.78, 5) is 22.5. The van der Waals surface area contributed by atoms with Crippen LogP contribution >= 0.6 is 0 Å². The first-order chi connectivity index (χ1) is 8.31. The Morgan fingerprint density at radius 1 is 1.47 bits per heavy atom. The third-order valence-electron chi connectivity index (χ3n) is 2.73. The summed E-state index contributed by atoms with van der Waals surface area (Å²) in [5, 5.41) is 0. The van der Waals surface area contributed by atoms with Crippen LogP contribution in [0.3, 0.4) is 0 Å². The van der Waals surface area contributed by atoms with Crippen LogP contribution in [-0.2, 0) is 9.47 Å². The second-order valence-electron chi connectivity index (χ2n) is 3.94. The second-order valence-corrected chi connectivity index (χ2v) is 3.94. The molecule has 0 saturated carbocycles. The van der Waals surface area contributed by atoms with E-state index in [0.29, 0.717) is 17.4 Å². The van der Waals surface area contributed by atoms with Crippen LogP contribution in [0, 0.1) is 0 Å². The number of carbonyl (C=O) groups excluding carboxylic acids is 2. The van der Waals surface area contributed by atoms with Crippen molar-refractivity contribution in [3.8, 4) is 0 Å². The lowest BCUT2D eigenvalue weighted by atomic mass is 10.1. The van der Waals surface area contributed by atoms with Crippen LogP contribution in [0.5, 0.6) is 0 Å². The van der Waals surface area contributed by atoms with E-state index < -0.39 is 5.97 Å². The highest BCUT2D eigenvalue weighted by Crippen LogP contribution is 2.14. The lowest BCUT2D eigenvalue weighted by molar-refractivity contribution is 0.0160. The van der Waals surface area contributed by atoms with Crippen molar-refractivity contribution in [2.75, 3.05) is 13.2 Å². The zero-order valence-electron chi connectivity index (χ0n) is 9.43. The molecule has 1 aromatic carbocycles. The fourth-order valence-corrected chi connectivity index (χ4v) is 1.81. The van der Waals surface area contributed by atoms with Crippen LogP contribution in [0.2, 0.25) is 0 Å². The third-order valence-corrected chi connectivity index (χ3v) is 2.73. The molecule has 1 aliphatic heterocycles. The predicted octanol–water partition coefficient (Wildman–Crippen LogP) is 1.83. The van der Waals surface area contributed by atoms with Gasteiger partial charge in [-0.3, -0.25) is 4.79 Å². The highest BCUT2D eigenvalue weighted by molar-refractivity contribution is 5.98. The maximum Gasteiger partial charge on any atom is 0.338 e. The van der Waals surface area contributed by atoms with E-state index >= 15 is 0 Å². The zero-order valence-corrected chi connectivity index (χ0v) is 9.43. The molecular formula is C13H14O4. The lowest BCUT2D eigenvalue weighted by Gasteiger charge is -2.10. The summed E-state index contributed by atoms with van der Waals surface area (Å²) in [7, 11) is 0. The van der Waals surface area contributed by atoms with Gasteiger partial charge in [0.2, 0.25) is 0 Å². The van der Waals surface area contributed by atoms with Gasteiger partial charge >= 0.3 is 5.97 Å². The van der Waals surface area contributed by atoms with Gasteiger partial charge in [0.25, 0.3) is 0 Å². The monoisotopic (exact) mass is 234 g/mol. The molecule has 0 unspecified atom stereocenters. The van der Waals surface area contributed by atoms with Crippen LogP contribution in [0.4, 0.5) is 0 Å². The number of esters is 1. The summed E-state index contributed by atoms with van der Waals surface area (Å²) < 4.78 is 10.5. The van der Waals surface area contributed by atoms with Gasteiger partial charge in [-0.05, 0) is 18.9 Å². The van der Waals surface area contributed by atoms with E-state index in [1.165, 1.54) is 0 Å². The lowest BCUT2D eigenvalue weighted by Crippen LogP contribution is -2.18. The molecule has 2 rings (SSSR count). The molecule has 0 spiro atoms. The first-order valence-corrected chi connectivity index (χ1v) is 5.64. The van der Waals surface area contributed by atoms with Crippen molar-refractivity contribution in [1.29, 1.82) is 0 Å². The number of ether oxygens (including phenoxy) is 2. The molecule has 17 heavy (non-hydrogen) atoms. The Labute approximate surface area is 99.5 Å². The average molecular weight is 234 g/mol. The Morgan fingerprint density at radius 3 is 3.00 bits per heavy atom. The Kier molecular flexibility index (Phi) is 3.88. The summed E-state index contributed by atoms with van der Waals surface area (Å²) in [6.07, 6.45) is 2.58. The van der Waals surface area contributed by atoms with Crippen molar-refractivity contribution >= 4 is 12.3 Å². The molecule has 1 aromatic rings. The fourth-order valence-electron chi connectivity index (χ4n) is 1.81. The number of benzene rings is 1. The van der Waals surface area contributed by atoms with Crippen molar-refractivity contribution in [3.05, 3.63) is 35.4 Å². The maximum absolute atomic E-state index is 11.7. The van der Waals surface area contributed by atoms with Gasteiger partial charge in [0.1, 0.15) is 6.61 Å². The van der Waals surface area contributed by atoms with Crippen LogP contribution in [0.25, 0.3) is 0 Å². The summed E-state index contributed by atoms with van der Waals surface area (Å²) in [5.41, 5.74) is 0.658. The van der Waals surface area contributed by atoms with Gasteiger partial charge < -0.3 is 9.47 Å². The average Bonchev–Trinajstić information content (AvgIpc) is 2.89. The molecule has 0 amide bonds. The van der Waals surface area contributed by atoms with Crippen LogP contribution in [0.1, 0.15) is 33.6 Å². The minimum absolute atomic E-state index is 0.00217. The van der Waals surface area contributed by atoms with Crippen molar-refractivity contribution in [2.24, 2.45) is 0 Å². The predicted molar refractivity (Wildman–Crippen MR) is 61.1 cm³/mol. The smallest absolute Gasteiger partial charge is 0.338 e. The molecule has 0 N–H and O–H groups in total. The van der Waals surface area contributed by atoms with Crippen molar-refractivity contribution in [3.63, 3.8) is 0 Å². The number of hydrogen-bond acceptors (Lipinski definition) is 4. The molecule has 1 fully saturated rings. The minimum atomic E-state index is -0.469. The molecule has 1 aliphatic rings. The first-order valence-electron chi connectivity index (χ1n) is 5.64. The molecule has 0 radical (unpaired) electrons. The number of aldehydes is 1. The fraction of sp³-hybridized carbons (Fsp3) is 0.385. The second kappa shape index (κ2) is 5.59. The summed E-state index contributed by atoms with van der Waals surface area (Å²) in [6, 6.07) is 6.59. The van der Waals surface area contributed by atoms with Crippen LogP contribution in [0.15, 0.2) is 24.3 Å². The topological polar surface area (TPSA) is 52.6 Å². The van der Waals surface area contributed by atoms with Crippen molar-refractivity contribution < 1.29 is 19.1 Å². The number of hydrogen-bond donors (Lipinski definition) is 0.